The van der Waals surface area contributed by atoms with Crippen LogP contribution in [0.1, 0.15) is 43.4 Å². The lowest BCUT2D eigenvalue weighted by atomic mass is 9.95. The molecule has 1 aromatic heterocycles. The highest BCUT2D eigenvalue weighted by atomic mass is 16.3. The van der Waals surface area contributed by atoms with E-state index in [2.05, 4.69) is 32.9 Å². The molecule has 0 spiro atoms. The fourth-order valence-electron chi connectivity index (χ4n) is 3.55. The summed E-state index contributed by atoms with van der Waals surface area (Å²) in [6.45, 7) is 10.4. The molecule has 134 valence electrons. The van der Waals surface area contributed by atoms with Gasteiger partial charge in [-0.15, -0.1) is 0 Å². The maximum Gasteiger partial charge on any atom is 0.227 e. The first-order valence-corrected chi connectivity index (χ1v) is 8.90. The molecule has 2 heterocycles. The Kier molecular flexibility index (Phi) is 4.84. The fourth-order valence-corrected chi connectivity index (χ4v) is 3.55. The highest BCUT2D eigenvalue weighted by Crippen LogP contribution is 2.29. The van der Waals surface area contributed by atoms with Gasteiger partial charge in [-0.2, -0.15) is 0 Å². The highest BCUT2D eigenvalue weighted by molar-refractivity contribution is 5.88. The number of hydrogen-bond acceptors (Lipinski definition) is 3. The van der Waals surface area contributed by atoms with E-state index >= 15 is 0 Å². The SMILES string of the molecule is CC(=O)N1CCN(C(=O)Cc2coc3cc(C)c(C(C)C)cc23)CC1. The lowest BCUT2D eigenvalue weighted by Crippen LogP contribution is -2.50. The molecule has 0 bridgehead atoms. The first kappa shape index (κ1) is 17.5. The van der Waals surface area contributed by atoms with Gasteiger partial charge in [-0.05, 0) is 36.1 Å². The van der Waals surface area contributed by atoms with Crippen molar-refractivity contribution >= 4 is 22.8 Å². The van der Waals surface area contributed by atoms with Gasteiger partial charge < -0.3 is 14.2 Å². The van der Waals surface area contributed by atoms with Gasteiger partial charge in [-0.25, -0.2) is 0 Å². The van der Waals surface area contributed by atoms with Crippen LogP contribution in [0.5, 0.6) is 0 Å². The van der Waals surface area contributed by atoms with Gasteiger partial charge in [0.2, 0.25) is 11.8 Å². The van der Waals surface area contributed by atoms with Crippen LogP contribution < -0.4 is 0 Å². The number of rotatable bonds is 3. The normalized spacial score (nSPS) is 15.2. The van der Waals surface area contributed by atoms with Crippen molar-refractivity contribution in [3.05, 3.63) is 35.1 Å². The zero-order valence-corrected chi connectivity index (χ0v) is 15.5. The summed E-state index contributed by atoms with van der Waals surface area (Å²) in [5.74, 6) is 0.601. The van der Waals surface area contributed by atoms with E-state index in [4.69, 9.17) is 4.42 Å². The van der Waals surface area contributed by atoms with Crippen molar-refractivity contribution in [2.24, 2.45) is 0 Å². The Morgan fingerprint density at radius 2 is 1.76 bits per heavy atom. The number of carbonyl (C=O) groups is 2. The zero-order chi connectivity index (χ0) is 18.1. The van der Waals surface area contributed by atoms with Crippen LogP contribution in [0.2, 0.25) is 0 Å². The molecule has 5 nitrogen and oxygen atoms in total. The monoisotopic (exact) mass is 342 g/mol. The van der Waals surface area contributed by atoms with Crippen molar-refractivity contribution in [2.75, 3.05) is 26.2 Å². The molecule has 1 aromatic carbocycles. The van der Waals surface area contributed by atoms with Crippen molar-refractivity contribution in [1.82, 2.24) is 9.80 Å². The van der Waals surface area contributed by atoms with Crippen molar-refractivity contribution in [1.29, 1.82) is 0 Å². The van der Waals surface area contributed by atoms with Crippen LogP contribution in [-0.4, -0.2) is 47.8 Å². The zero-order valence-electron chi connectivity index (χ0n) is 15.5. The number of furan rings is 1. The van der Waals surface area contributed by atoms with E-state index in [0.717, 1.165) is 16.5 Å². The van der Waals surface area contributed by atoms with Crippen LogP contribution in [0.3, 0.4) is 0 Å². The fraction of sp³-hybridized carbons (Fsp3) is 0.500. The number of aryl methyl sites for hydroxylation is 1. The van der Waals surface area contributed by atoms with E-state index in [-0.39, 0.29) is 11.8 Å². The number of amides is 2. The Labute approximate surface area is 148 Å². The third kappa shape index (κ3) is 3.55. The third-order valence-corrected chi connectivity index (χ3v) is 5.08. The number of carbonyl (C=O) groups excluding carboxylic acids is 2. The minimum absolute atomic E-state index is 0.0736. The molecule has 0 radical (unpaired) electrons. The number of hydrogen-bond donors (Lipinski definition) is 0. The van der Waals surface area contributed by atoms with Gasteiger partial charge in [0.25, 0.3) is 0 Å². The van der Waals surface area contributed by atoms with Gasteiger partial charge in [0.1, 0.15) is 5.58 Å². The molecule has 2 amide bonds. The summed E-state index contributed by atoms with van der Waals surface area (Å²) in [6, 6.07) is 4.22. The van der Waals surface area contributed by atoms with Crippen molar-refractivity contribution in [3.8, 4) is 0 Å². The summed E-state index contributed by atoms with van der Waals surface area (Å²) in [5, 5.41) is 1.03. The number of nitrogens with zero attached hydrogens (tertiary/aromatic N) is 2. The van der Waals surface area contributed by atoms with E-state index in [0.29, 0.717) is 38.5 Å². The van der Waals surface area contributed by atoms with E-state index in [9.17, 15) is 9.59 Å². The summed E-state index contributed by atoms with van der Waals surface area (Å²) in [4.78, 5) is 27.7. The molecule has 5 heteroatoms. The summed E-state index contributed by atoms with van der Waals surface area (Å²) >= 11 is 0. The van der Waals surface area contributed by atoms with Crippen molar-refractivity contribution in [3.63, 3.8) is 0 Å². The first-order chi connectivity index (χ1) is 11.9. The maximum atomic E-state index is 12.7. The summed E-state index contributed by atoms with van der Waals surface area (Å²) < 4.78 is 5.68. The Bertz CT molecular complexity index is 799. The highest BCUT2D eigenvalue weighted by Gasteiger charge is 2.23. The predicted molar refractivity (Wildman–Crippen MR) is 97.6 cm³/mol. The second-order valence-electron chi connectivity index (χ2n) is 7.18. The minimum Gasteiger partial charge on any atom is -0.464 e. The topological polar surface area (TPSA) is 53.8 Å². The molecule has 1 fully saturated rings. The van der Waals surface area contributed by atoms with Crippen LogP contribution >= 0.6 is 0 Å². The molecule has 2 aromatic rings. The second-order valence-corrected chi connectivity index (χ2v) is 7.18. The lowest BCUT2D eigenvalue weighted by molar-refractivity contribution is -0.138. The van der Waals surface area contributed by atoms with Crippen LogP contribution in [-0.2, 0) is 16.0 Å². The molecule has 0 N–H and O–H groups in total. The second kappa shape index (κ2) is 6.90. The molecule has 0 saturated carbocycles. The Morgan fingerprint density at radius 1 is 1.12 bits per heavy atom. The smallest absolute Gasteiger partial charge is 0.227 e. The van der Waals surface area contributed by atoms with E-state index in [1.165, 1.54) is 11.1 Å². The van der Waals surface area contributed by atoms with Crippen LogP contribution in [0.25, 0.3) is 11.0 Å². The van der Waals surface area contributed by atoms with Gasteiger partial charge >= 0.3 is 0 Å². The van der Waals surface area contributed by atoms with Crippen LogP contribution in [0.4, 0.5) is 0 Å². The van der Waals surface area contributed by atoms with Crippen LogP contribution in [0, 0.1) is 6.92 Å². The van der Waals surface area contributed by atoms with Gasteiger partial charge in [0.05, 0.1) is 12.7 Å². The number of fused-ring (bicyclic) bond motifs is 1. The molecular weight excluding hydrogens is 316 g/mol. The molecule has 0 aliphatic carbocycles. The molecule has 1 aliphatic rings. The number of benzene rings is 1. The molecule has 3 rings (SSSR count). The predicted octanol–water partition coefficient (Wildman–Crippen LogP) is 3.10. The van der Waals surface area contributed by atoms with Crippen molar-refractivity contribution < 1.29 is 14.0 Å². The molecule has 1 saturated heterocycles. The van der Waals surface area contributed by atoms with Crippen molar-refractivity contribution in [2.45, 2.75) is 40.0 Å². The van der Waals surface area contributed by atoms with E-state index < -0.39 is 0 Å². The van der Waals surface area contributed by atoms with Gasteiger partial charge in [-0.3, -0.25) is 9.59 Å². The molecule has 1 aliphatic heterocycles. The molecule has 25 heavy (non-hydrogen) atoms. The van der Waals surface area contributed by atoms with E-state index in [1.54, 1.807) is 18.1 Å². The van der Waals surface area contributed by atoms with Gasteiger partial charge in [0.15, 0.2) is 0 Å². The summed E-state index contributed by atoms with van der Waals surface area (Å²) in [5.41, 5.74) is 4.29. The lowest BCUT2D eigenvalue weighted by Gasteiger charge is -2.34. The molecular formula is C20H26N2O3. The Hall–Kier alpha value is -2.30. The van der Waals surface area contributed by atoms with Crippen LogP contribution in [0.15, 0.2) is 22.8 Å². The van der Waals surface area contributed by atoms with Gasteiger partial charge in [-0.1, -0.05) is 13.8 Å². The summed E-state index contributed by atoms with van der Waals surface area (Å²) in [6.07, 6.45) is 2.05. The molecule has 0 atom stereocenters. The summed E-state index contributed by atoms with van der Waals surface area (Å²) in [7, 11) is 0. The first-order valence-electron chi connectivity index (χ1n) is 8.90. The average molecular weight is 342 g/mol. The van der Waals surface area contributed by atoms with Gasteiger partial charge in [0, 0.05) is 44.1 Å². The average Bonchev–Trinajstić information content (AvgIpc) is 2.95. The quantitative estimate of drug-likeness (QED) is 0.861. The Balaban J connectivity index is 1.76. The Morgan fingerprint density at radius 3 is 2.36 bits per heavy atom. The number of piperazine rings is 1. The third-order valence-electron chi connectivity index (χ3n) is 5.08. The largest absolute Gasteiger partial charge is 0.464 e. The maximum absolute atomic E-state index is 12.7. The van der Waals surface area contributed by atoms with E-state index in [1.807, 2.05) is 4.90 Å². The standard InChI is InChI=1S/C20H26N2O3/c1-13(2)17-11-18-16(12-25-19(18)9-14(17)3)10-20(24)22-7-5-21(6-8-22)15(4)23/h9,11-13H,5-8,10H2,1-4H3. The minimum atomic E-state index is 0.0736. The molecule has 0 unspecified atom stereocenters.